The third kappa shape index (κ3) is 2.72. The highest BCUT2D eigenvalue weighted by molar-refractivity contribution is 5.78. The molecule has 0 aliphatic carbocycles. The molecule has 0 aromatic heterocycles. The third-order valence-electron chi connectivity index (χ3n) is 2.70. The Morgan fingerprint density at radius 3 is 2.79 bits per heavy atom. The van der Waals surface area contributed by atoms with Crippen LogP contribution in [0.3, 0.4) is 0 Å². The van der Waals surface area contributed by atoms with Gasteiger partial charge in [0, 0.05) is 19.5 Å². The molecule has 0 spiro atoms. The summed E-state index contributed by atoms with van der Waals surface area (Å²) in [5, 5.41) is 8.85. The van der Waals surface area contributed by atoms with E-state index in [1.54, 1.807) is 4.90 Å². The van der Waals surface area contributed by atoms with E-state index in [9.17, 15) is 9.59 Å². The van der Waals surface area contributed by atoms with Gasteiger partial charge >= 0.3 is 5.97 Å². The van der Waals surface area contributed by atoms with Gasteiger partial charge in [0.25, 0.3) is 0 Å². The summed E-state index contributed by atoms with van der Waals surface area (Å²) < 4.78 is 0. The molecule has 0 saturated carbocycles. The Morgan fingerprint density at radius 1 is 1.57 bits per heavy atom. The largest absolute Gasteiger partial charge is 0.481 e. The number of nitrogens with zero attached hydrogens (tertiary/aromatic N) is 1. The Morgan fingerprint density at radius 2 is 2.29 bits per heavy atom. The Kier molecular flexibility index (Phi) is 3.92. The summed E-state index contributed by atoms with van der Waals surface area (Å²) in [6.07, 6.45) is 3.11. The highest BCUT2D eigenvalue weighted by Crippen LogP contribution is 2.14. The predicted octanol–water partition coefficient (Wildman–Crippen LogP) is 1.11. The summed E-state index contributed by atoms with van der Waals surface area (Å²) in [5.41, 5.74) is 0. The van der Waals surface area contributed by atoms with Crippen LogP contribution in [0, 0.1) is 5.92 Å². The second-order valence-corrected chi connectivity index (χ2v) is 3.74. The standard InChI is InChI=1S/C10H17NO3/c1-2-8(10(13)14)7-11-6-4-3-5-9(11)12/h8H,2-7H2,1H3,(H,13,14). The number of hydrogen-bond acceptors (Lipinski definition) is 2. The molecule has 1 heterocycles. The van der Waals surface area contributed by atoms with Crippen LogP contribution in [0.2, 0.25) is 0 Å². The molecule has 0 aromatic carbocycles. The first-order valence-electron chi connectivity index (χ1n) is 5.15. The van der Waals surface area contributed by atoms with Crippen LogP contribution in [0.1, 0.15) is 32.6 Å². The van der Waals surface area contributed by atoms with Crippen LogP contribution in [-0.4, -0.2) is 35.0 Å². The number of carbonyl (C=O) groups excluding carboxylic acids is 1. The van der Waals surface area contributed by atoms with Gasteiger partial charge in [-0.3, -0.25) is 9.59 Å². The quantitative estimate of drug-likeness (QED) is 0.737. The molecular formula is C10H17NO3. The molecule has 14 heavy (non-hydrogen) atoms. The van der Waals surface area contributed by atoms with E-state index in [0.717, 1.165) is 19.4 Å². The maximum absolute atomic E-state index is 11.4. The van der Waals surface area contributed by atoms with E-state index in [2.05, 4.69) is 0 Å². The van der Waals surface area contributed by atoms with Gasteiger partial charge in [-0.1, -0.05) is 6.92 Å². The van der Waals surface area contributed by atoms with Gasteiger partial charge < -0.3 is 10.0 Å². The lowest BCUT2D eigenvalue weighted by molar-refractivity contribution is -0.144. The van der Waals surface area contributed by atoms with Crippen LogP contribution in [0.15, 0.2) is 0 Å². The number of carboxylic acids is 1. The molecule has 1 N–H and O–H groups in total. The van der Waals surface area contributed by atoms with Crippen molar-refractivity contribution < 1.29 is 14.7 Å². The molecular weight excluding hydrogens is 182 g/mol. The van der Waals surface area contributed by atoms with E-state index in [1.165, 1.54) is 0 Å². The predicted molar refractivity (Wildman–Crippen MR) is 51.8 cm³/mol. The third-order valence-corrected chi connectivity index (χ3v) is 2.70. The van der Waals surface area contributed by atoms with Crippen LogP contribution in [0.25, 0.3) is 0 Å². The Hall–Kier alpha value is -1.06. The normalized spacial score (nSPS) is 19.5. The summed E-state index contributed by atoms with van der Waals surface area (Å²) in [6, 6.07) is 0. The molecule has 1 aliphatic rings. The fourth-order valence-corrected chi connectivity index (χ4v) is 1.70. The Balaban J connectivity index is 2.48. The zero-order chi connectivity index (χ0) is 10.6. The molecule has 4 nitrogen and oxygen atoms in total. The number of hydrogen-bond donors (Lipinski definition) is 1. The number of carbonyl (C=O) groups is 2. The molecule has 0 aromatic rings. The number of likely N-dealkylation sites (tertiary alicyclic amines) is 1. The number of piperidine rings is 1. The number of aliphatic carboxylic acids is 1. The van der Waals surface area contributed by atoms with Gasteiger partial charge in [-0.15, -0.1) is 0 Å². The van der Waals surface area contributed by atoms with Gasteiger partial charge in [0.15, 0.2) is 0 Å². The van der Waals surface area contributed by atoms with Crippen LogP contribution in [-0.2, 0) is 9.59 Å². The monoisotopic (exact) mass is 199 g/mol. The fraction of sp³-hybridized carbons (Fsp3) is 0.800. The highest BCUT2D eigenvalue weighted by Gasteiger charge is 2.24. The molecule has 1 fully saturated rings. The molecule has 1 rings (SSSR count). The first kappa shape index (κ1) is 11.0. The van der Waals surface area contributed by atoms with Crippen molar-refractivity contribution in [3.05, 3.63) is 0 Å². The minimum absolute atomic E-state index is 0.107. The Labute approximate surface area is 83.9 Å². The molecule has 0 radical (unpaired) electrons. The first-order valence-corrected chi connectivity index (χ1v) is 5.15. The van der Waals surface area contributed by atoms with Crippen molar-refractivity contribution in [1.82, 2.24) is 4.90 Å². The first-order chi connectivity index (χ1) is 6.65. The summed E-state index contributed by atoms with van der Waals surface area (Å²) in [5.74, 6) is -1.10. The van der Waals surface area contributed by atoms with Gasteiger partial charge in [-0.25, -0.2) is 0 Å². The number of rotatable bonds is 4. The highest BCUT2D eigenvalue weighted by atomic mass is 16.4. The average molecular weight is 199 g/mol. The van der Waals surface area contributed by atoms with Crippen molar-refractivity contribution in [2.75, 3.05) is 13.1 Å². The molecule has 1 amide bonds. The van der Waals surface area contributed by atoms with E-state index < -0.39 is 11.9 Å². The van der Waals surface area contributed by atoms with Gasteiger partial charge in [0.05, 0.1) is 5.92 Å². The van der Waals surface area contributed by atoms with Crippen LogP contribution in [0.5, 0.6) is 0 Å². The van der Waals surface area contributed by atoms with E-state index in [0.29, 0.717) is 19.4 Å². The number of amides is 1. The van der Waals surface area contributed by atoms with E-state index >= 15 is 0 Å². The molecule has 4 heteroatoms. The van der Waals surface area contributed by atoms with Crippen molar-refractivity contribution in [2.24, 2.45) is 5.92 Å². The number of carboxylic acid groups (broad SMARTS) is 1. The summed E-state index contributed by atoms with van der Waals surface area (Å²) in [6.45, 7) is 2.94. The van der Waals surface area contributed by atoms with Crippen molar-refractivity contribution >= 4 is 11.9 Å². The minimum Gasteiger partial charge on any atom is -0.481 e. The van der Waals surface area contributed by atoms with Gasteiger partial charge in [-0.05, 0) is 19.3 Å². The van der Waals surface area contributed by atoms with E-state index in [1.807, 2.05) is 6.92 Å². The zero-order valence-electron chi connectivity index (χ0n) is 8.53. The van der Waals surface area contributed by atoms with Crippen molar-refractivity contribution in [1.29, 1.82) is 0 Å². The summed E-state index contributed by atoms with van der Waals surface area (Å²) >= 11 is 0. The fourth-order valence-electron chi connectivity index (χ4n) is 1.70. The van der Waals surface area contributed by atoms with Crippen LogP contribution < -0.4 is 0 Å². The SMILES string of the molecule is CCC(CN1CCCCC1=O)C(=O)O. The van der Waals surface area contributed by atoms with Crippen molar-refractivity contribution in [2.45, 2.75) is 32.6 Å². The maximum atomic E-state index is 11.4. The topological polar surface area (TPSA) is 57.6 Å². The lowest BCUT2D eigenvalue weighted by Crippen LogP contribution is -2.40. The molecule has 1 unspecified atom stereocenters. The second-order valence-electron chi connectivity index (χ2n) is 3.74. The molecule has 1 saturated heterocycles. The van der Waals surface area contributed by atoms with Crippen LogP contribution >= 0.6 is 0 Å². The maximum Gasteiger partial charge on any atom is 0.308 e. The van der Waals surface area contributed by atoms with E-state index in [-0.39, 0.29) is 5.91 Å². The van der Waals surface area contributed by atoms with Gasteiger partial charge in [0.1, 0.15) is 0 Å². The summed E-state index contributed by atoms with van der Waals surface area (Å²) in [7, 11) is 0. The molecule has 80 valence electrons. The van der Waals surface area contributed by atoms with E-state index in [4.69, 9.17) is 5.11 Å². The van der Waals surface area contributed by atoms with Gasteiger partial charge in [0.2, 0.25) is 5.91 Å². The zero-order valence-corrected chi connectivity index (χ0v) is 8.53. The van der Waals surface area contributed by atoms with Crippen LogP contribution in [0.4, 0.5) is 0 Å². The lowest BCUT2D eigenvalue weighted by Gasteiger charge is -2.28. The van der Waals surface area contributed by atoms with Crippen molar-refractivity contribution in [3.8, 4) is 0 Å². The average Bonchev–Trinajstić information content (AvgIpc) is 2.16. The lowest BCUT2D eigenvalue weighted by atomic mass is 10.0. The Bertz CT molecular complexity index is 227. The van der Waals surface area contributed by atoms with Crippen molar-refractivity contribution in [3.63, 3.8) is 0 Å². The molecule has 0 bridgehead atoms. The second kappa shape index (κ2) is 4.98. The smallest absolute Gasteiger partial charge is 0.308 e. The van der Waals surface area contributed by atoms with Gasteiger partial charge in [-0.2, -0.15) is 0 Å². The molecule has 1 aliphatic heterocycles. The summed E-state index contributed by atoms with van der Waals surface area (Å²) in [4.78, 5) is 23.9. The minimum atomic E-state index is -0.800. The molecule has 1 atom stereocenters.